The fourth-order valence-corrected chi connectivity index (χ4v) is 2.73. The zero-order valence-corrected chi connectivity index (χ0v) is 14.4. The van der Waals surface area contributed by atoms with Crippen molar-refractivity contribution in [1.29, 1.82) is 0 Å². The third-order valence-corrected chi connectivity index (χ3v) is 4.39. The molecule has 0 bridgehead atoms. The highest BCUT2D eigenvalue weighted by atomic mass is 16.6. The van der Waals surface area contributed by atoms with E-state index in [0.717, 1.165) is 0 Å². The minimum absolute atomic E-state index is 0.118. The average molecular weight is 346 g/mol. The number of rotatable bonds is 6. The Labute approximate surface area is 140 Å². The van der Waals surface area contributed by atoms with Gasteiger partial charge in [0.05, 0.1) is 24.7 Å². The Hall–Kier alpha value is -1.26. The van der Waals surface area contributed by atoms with E-state index in [1.54, 1.807) is 20.8 Å². The number of imide groups is 1. The Kier molecular flexibility index (Phi) is 5.82. The number of ether oxygens (including phenoxy) is 3. The van der Waals surface area contributed by atoms with Gasteiger partial charge in [0.2, 0.25) is 5.91 Å². The standard InChI is InChI=1S/C15H26N2O7/c1-8(22-4)6-23-11-10(19)9(5-18)24-12(11)17-7-15(2,3)13(20)16-14(17)21/h8-12,18-19H,5-7H2,1-4H3,(H,16,20,21)/t8?,9-,10?,11?,12-/m1/s1. The molecule has 9 nitrogen and oxygen atoms in total. The first-order chi connectivity index (χ1) is 11.2. The molecule has 0 saturated carbocycles. The van der Waals surface area contributed by atoms with E-state index in [-0.39, 0.29) is 25.2 Å². The predicted molar refractivity (Wildman–Crippen MR) is 82.0 cm³/mol. The van der Waals surface area contributed by atoms with Crippen LogP contribution < -0.4 is 5.32 Å². The van der Waals surface area contributed by atoms with Crippen molar-refractivity contribution in [2.24, 2.45) is 5.41 Å². The monoisotopic (exact) mass is 346 g/mol. The number of aliphatic hydroxyl groups is 2. The van der Waals surface area contributed by atoms with Gasteiger partial charge in [0.25, 0.3) is 0 Å². The van der Waals surface area contributed by atoms with Crippen molar-refractivity contribution in [3.63, 3.8) is 0 Å². The number of hydrogen-bond donors (Lipinski definition) is 3. The van der Waals surface area contributed by atoms with Crippen molar-refractivity contribution >= 4 is 11.9 Å². The minimum Gasteiger partial charge on any atom is -0.394 e. The van der Waals surface area contributed by atoms with Gasteiger partial charge < -0.3 is 24.4 Å². The van der Waals surface area contributed by atoms with E-state index in [1.165, 1.54) is 12.0 Å². The molecule has 0 aromatic carbocycles. The fourth-order valence-electron chi connectivity index (χ4n) is 2.73. The Balaban J connectivity index is 2.17. The van der Waals surface area contributed by atoms with Crippen LogP contribution in [0, 0.1) is 5.41 Å². The van der Waals surface area contributed by atoms with E-state index in [9.17, 15) is 19.8 Å². The molecule has 2 heterocycles. The van der Waals surface area contributed by atoms with Crippen LogP contribution in [0.5, 0.6) is 0 Å². The molecule has 0 aliphatic carbocycles. The van der Waals surface area contributed by atoms with Gasteiger partial charge in [0, 0.05) is 13.7 Å². The predicted octanol–water partition coefficient (Wildman–Crippen LogP) is -0.937. The summed E-state index contributed by atoms with van der Waals surface area (Å²) in [5.41, 5.74) is -0.802. The second-order valence-electron chi connectivity index (χ2n) is 6.85. The topological polar surface area (TPSA) is 118 Å². The molecule has 9 heteroatoms. The number of aliphatic hydroxyl groups excluding tert-OH is 2. The van der Waals surface area contributed by atoms with Gasteiger partial charge in [-0.2, -0.15) is 0 Å². The molecule has 138 valence electrons. The molecule has 0 aromatic rings. The normalized spacial score (nSPS) is 34.3. The Bertz CT molecular complexity index is 484. The van der Waals surface area contributed by atoms with Crippen molar-refractivity contribution in [2.45, 2.75) is 51.4 Å². The number of methoxy groups -OCH3 is 1. The van der Waals surface area contributed by atoms with E-state index >= 15 is 0 Å². The number of hydrogen-bond acceptors (Lipinski definition) is 7. The lowest BCUT2D eigenvalue weighted by atomic mass is 9.89. The van der Waals surface area contributed by atoms with Gasteiger partial charge in [-0.3, -0.25) is 15.0 Å². The number of carbonyl (C=O) groups is 2. The summed E-state index contributed by atoms with van der Waals surface area (Å²) in [6.07, 6.45) is -3.94. The first-order valence-corrected chi connectivity index (χ1v) is 7.92. The average Bonchev–Trinajstić information content (AvgIpc) is 2.84. The maximum absolute atomic E-state index is 12.2. The molecule has 2 saturated heterocycles. The van der Waals surface area contributed by atoms with Gasteiger partial charge in [0.1, 0.15) is 18.3 Å². The Morgan fingerprint density at radius 2 is 2.12 bits per heavy atom. The van der Waals surface area contributed by atoms with E-state index in [4.69, 9.17) is 14.2 Å². The van der Waals surface area contributed by atoms with Gasteiger partial charge in [0.15, 0.2) is 6.23 Å². The summed E-state index contributed by atoms with van der Waals surface area (Å²) in [5.74, 6) is -0.369. The lowest BCUT2D eigenvalue weighted by Crippen LogP contribution is -2.63. The second-order valence-corrected chi connectivity index (χ2v) is 6.85. The molecule has 2 aliphatic rings. The molecule has 2 aliphatic heterocycles. The van der Waals surface area contributed by atoms with Gasteiger partial charge in [-0.05, 0) is 20.8 Å². The van der Waals surface area contributed by atoms with Crippen LogP contribution in [0.3, 0.4) is 0 Å². The van der Waals surface area contributed by atoms with Crippen molar-refractivity contribution in [1.82, 2.24) is 10.2 Å². The molecule has 5 atom stereocenters. The molecule has 2 rings (SSSR count). The number of urea groups is 1. The molecule has 3 unspecified atom stereocenters. The van der Waals surface area contributed by atoms with Crippen LogP contribution in [0.2, 0.25) is 0 Å². The quantitative estimate of drug-likeness (QED) is 0.568. The van der Waals surface area contributed by atoms with Crippen molar-refractivity contribution in [3.05, 3.63) is 0 Å². The Morgan fingerprint density at radius 1 is 1.46 bits per heavy atom. The van der Waals surface area contributed by atoms with E-state index in [2.05, 4.69) is 5.32 Å². The summed E-state index contributed by atoms with van der Waals surface area (Å²) in [6.45, 7) is 5.12. The first-order valence-electron chi connectivity index (χ1n) is 7.92. The van der Waals surface area contributed by atoms with Crippen LogP contribution in [0.4, 0.5) is 4.79 Å². The maximum Gasteiger partial charge on any atom is 0.326 e. The number of amides is 3. The molecular formula is C15H26N2O7. The van der Waals surface area contributed by atoms with Crippen molar-refractivity contribution < 1.29 is 34.0 Å². The molecule has 24 heavy (non-hydrogen) atoms. The maximum atomic E-state index is 12.2. The van der Waals surface area contributed by atoms with Crippen LogP contribution in [0.25, 0.3) is 0 Å². The van der Waals surface area contributed by atoms with E-state index in [1.807, 2.05) is 0 Å². The zero-order valence-electron chi connectivity index (χ0n) is 14.4. The summed E-state index contributed by atoms with van der Waals surface area (Å²) in [7, 11) is 1.54. The highest BCUT2D eigenvalue weighted by Crippen LogP contribution is 2.31. The van der Waals surface area contributed by atoms with Crippen LogP contribution in [-0.2, 0) is 19.0 Å². The molecule has 0 aromatic heterocycles. The lowest BCUT2D eigenvalue weighted by molar-refractivity contribution is -0.142. The summed E-state index contributed by atoms with van der Waals surface area (Å²) in [6, 6.07) is -0.608. The molecule has 0 radical (unpaired) electrons. The largest absolute Gasteiger partial charge is 0.394 e. The van der Waals surface area contributed by atoms with Crippen molar-refractivity contribution in [2.75, 3.05) is 26.9 Å². The van der Waals surface area contributed by atoms with E-state index in [0.29, 0.717) is 0 Å². The summed E-state index contributed by atoms with van der Waals surface area (Å²) >= 11 is 0. The molecule has 0 spiro atoms. The van der Waals surface area contributed by atoms with Crippen LogP contribution >= 0.6 is 0 Å². The highest BCUT2D eigenvalue weighted by molar-refractivity contribution is 5.99. The molecule has 2 fully saturated rings. The second kappa shape index (κ2) is 7.32. The van der Waals surface area contributed by atoms with Crippen LogP contribution in [-0.4, -0.2) is 84.6 Å². The van der Waals surface area contributed by atoms with Crippen molar-refractivity contribution in [3.8, 4) is 0 Å². The highest BCUT2D eigenvalue weighted by Gasteiger charge is 2.51. The summed E-state index contributed by atoms with van der Waals surface area (Å²) < 4.78 is 16.4. The van der Waals surface area contributed by atoms with Crippen LogP contribution in [0.1, 0.15) is 20.8 Å². The SMILES string of the molecule is COC(C)COC1C(O)[C@@H](CO)O[C@H]1N1CC(C)(C)C(=O)NC1=O. The van der Waals surface area contributed by atoms with Gasteiger partial charge in [-0.25, -0.2) is 4.79 Å². The van der Waals surface area contributed by atoms with Gasteiger partial charge >= 0.3 is 6.03 Å². The minimum atomic E-state index is -1.10. The Morgan fingerprint density at radius 3 is 2.71 bits per heavy atom. The molecule has 3 N–H and O–H groups in total. The first kappa shape index (κ1) is 19.1. The fraction of sp³-hybridized carbons (Fsp3) is 0.867. The molecular weight excluding hydrogens is 320 g/mol. The zero-order chi connectivity index (χ0) is 18.1. The van der Waals surface area contributed by atoms with Gasteiger partial charge in [-0.15, -0.1) is 0 Å². The molecule has 3 amide bonds. The summed E-state index contributed by atoms with van der Waals surface area (Å²) in [4.78, 5) is 25.4. The summed E-state index contributed by atoms with van der Waals surface area (Å²) in [5, 5.41) is 22.0. The van der Waals surface area contributed by atoms with Crippen LogP contribution in [0.15, 0.2) is 0 Å². The number of nitrogens with zero attached hydrogens (tertiary/aromatic N) is 1. The smallest absolute Gasteiger partial charge is 0.326 e. The lowest BCUT2D eigenvalue weighted by Gasteiger charge is -2.41. The van der Waals surface area contributed by atoms with E-state index < -0.39 is 42.6 Å². The number of carbonyl (C=O) groups excluding carboxylic acids is 2. The van der Waals surface area contributed by atoms with Gasteiger partial charge in [-0.1, -0.05) is 0 Å². The third kappa shape index (κ3) is 3.70. The number of nitrogens with one attached hydrogen (secondary N) is 1. The third-order valence-electron chi connectivity index (χ3n) is 4.39.